The maximum Gasteiger partial charge on any atom is 0.426 e. The zero-order chi connectivity index (χ0) is 28.2. The summed E-state index contributed by atoms with van der Waals surface area (Å²) >= 11 is 0. The molecule has 0 aromatic heterocycles. The third-order valence-electron chi connectivity index (χ3n) is 5.81. The predicted molar refractivity (Wildman–Crippen MR) is 133 cm³/mol. The van der Waals surface area contributed by atoms with Crippen LogP contribution in [0.15, 0.2) is 91.2 Å². The Balaban J connectivity index is 1.51. The first-order valence-electron chi connectivity index (χ1n) is 11.8. The van der Waals surface area contributed by atoms with Gasteiger partial charge in [-0.3, -0.25) is 0 Å². The van der Waals surface area contributed by atoms with Crippen LogP contribution in [0.3, 0.4) is 0 Å². The summed E-state index contributed by atoms with van der Waals surface area (Å²) in [6, 6.07) is 17.3. The highest BCUT2D eigenvalue weighted by molar-refractivity contribution is 5.66. The molecule has 9 heteroatoms. The highest BCUT2D eigenvalue weighted by Gasteiger charge is 2.34. The summed E-state index contributed by atoms with van der Waals surface area (Å²) in [5, 5.41) is 0. The second-order valence-corrected chi connectivity index (χ2v) is 8.58. The molecule has 0 fully saturated rings. The maximum atomic E-state index is 14.8. The summed E-state index contributed by atoms with van der Waals surface area (Å²) in [4.78, 5) is 0. The average molecular weight is 546 g/mol. The second-order valence-electron chi connectivity index (χ2n) is 8.58. The molecule has 0 N–H and O–H groups in total. The topological polar surface area (TPSA) is 18.5 Å². The van der Waals surface area contributed by atoms with Crippen LogP contribution in [-0.2, 0) is 12.5 Å². The van der Waals surface area contributed by atoms with Crippen molar-refractivity contribution in [2.75, 3.05) is 0 Å². The first-order valence-corrected chi connectivity index (χ1v) is 11.8. The first-order chi connectivity index (χ1) is 18.6. The van der Waals surface area contributed by atoms with E-state index in [-0.39, 0.29) is 17.4 Å². The van der Waals surface area contributed by atoms with Crippen LogP contribution in [0.5, 0.6) is 11.5 Å². The van der Waals surface area contributed by atoms with Gasteiger partial charge in [0.15, 0.2) is 23.6 Å². The number of hydrogen-bond donors (Lipinski definition) is 0. The number of rotatable bonds is 9. The normalized spacial score (nSPS) is 11.3. The van der Waals surface area contributed by atoms with Crippen LogP contribution in [0.1, 0.15) is 24.5 Å². The highest BCUT2D eigenvalue weighted by atomic mass is 19.3. The molecule has 0 heterocycles. The minimum atomic E-state index is -3.81. The Kier molecular flexibility index (Phi) is 8.28. The van der Waals surface area contributed by atoms with Crippen LogP contribution in [-0.4, -0.2) is 0 Å². The van der Waals surface area contributed by atoms with E-state index >= 15 is 0 Å². The van der Waals surface area contributed by atoms with Crippen LogP contribution in [0, 0.1) is 17.5 Å². The first kappa shape index (κ1) is 27.8. The monoisotopic (exact) mass is 546 g/mol. The van der Waals surface area contributed by atoms with Crippen molar-refractivity contribution >= 4 is 0 Å². The van der Waals surface area contributed by atoms with Gasteiger partial charge in [-0.05, 0) is 65.1 Å². The molecule has 0 spiro atoms. The van der Waals surface area contributed by atoms with Gasteiger partial charge in [0, 0.05) is 11.6 Å². The largest absolute Gasteiger partial charge is 0.453 e. The quantitative estimate of drug-likeness (QED) is 0.154. The minimum Gasteiger partial charge on any atom is -0.453 e. The Hall–Kier alpha value is -4.27. The summed E-state index contributed by atoms with van der Waals surface area (Å²) in [6.07, 6.45) is -4.31. The zero-order valence-electron chi connectivity index (χ0n) is 20.5. The van der Waals surface area contributed by atoms with Crippen LogP contribution < -0.4 is 9.47 Å². The molecular formula is C30H21F7O2. The Bertz CT molecular complexity index is 1450. The Labute approximate surface area is 219 Å². The van der Waals surface area contributed by atoms with Crippen molar-refractivity contribution in [3.05, 3.63) is 120 Å². The fourth-order valence-corrected chi connectivity index (χ4v) is 3.94. The summed E-state index contributed by atoms with van der Waals surface area (Å²) in [6.45, 7) is 2.08. The van der Waals surface area contributed by atoms with Crippen LogP contribution >= 0.6 is 0 Å². The number of alkyl halides is 2. The molecule has 4 aromatic rings. The molecule has 0 aliphatic rings. The lowest BCUT2D eigenvalue weighted by Gasteiger charge is -2.19. The van der Waals surface area contributed by atoms with Gasteiger partial charge < -0.3 is 9.47 Å². The van der Waals surface area contributed by atoms with Crippen molar-refractivity contribution in [3.8, 4) is 33.8 Å². The van der Waals surface area contributed by atoms with E-state index in [4.69, 9.17) is 4.74 Å². The third-order valence-corrected chi connectivity index (χ3v) is 5.81. The molecule has 202 valence electrons. The molecule has 0 amide bonds. The zero-order valence-corrected chi connectivity index (χ0v) is 20.5. The van der Waals surface area contributed by atoms with Gasteiger partial charge in [0.25, 0.3) is 0 Å². The molecular weight excluding hydrogens is 525 g/mol. The Morgan fingerprint density at radius 3 is 1.87 bits per heavy atom. The molecule has 4 rings (SSSR count). The van der Waals surface area contributed by atoms with Crippen LogP contribution in [0.4, 0.5) is 30.7 Å². The van der Waals surface area contributed by atoms with Gasteiger partial charge in [0.05, 0.1) is 5.56 Å². The molecule has 0 saturated carbocycles. The molecule has 0 unspecified atom stereocenters. The number of benzene rings is 4. The van der Waals surface area contributed by atoms with Gasteiger partial charge in [-0.1, -0.05) is 49.7 Å². The summed E-state index contributed by atoms with van der Waals surface area (Å²) in [5.41, 5.74) is 1.67. The predicted octanol–water partition coefficient (Wildman–Crippen LogP) is 9.64. The fourth-order valence-electron chi connectivity index (χ4n) is 3.94. The van der Waals surface area contributed by atoms with E-state index in [0.717, 1.165) is 36.1 Å². The SMILES string of the molecule is CCCc1ccc(-c2ccc(C(F)(F)Oc3ccc(-c4cc(F)c(OC=C(F)F)c(F)c4)c(F)c3)cc2)cc1. The minimum absolute atomic E-state index is 0.147. The lowest BCUT2D eigenvalue weighted by atomic mass is 10.0. The maximum absolute atomic E-state index is 14.8. The van der Waals surface area contributed by atoms with Gasteiger partial charge in [0.2, 0.25) is 0 Å². The number of aryl methyl sites for hydroxylation is 1. The summed E-state index contributed by atoms with van der Waals surface area (Å²) in [7, 11) is 0. The van der Waals surface area contributed by atoms with Crippen molar-refractivity contribution in [3.63, 3.8) is 0 Å². The van der Waals surface area contributed by atoms with Crippen LogP contribution in [0.25, 0.3) is 22.3 Å². The molecule has 0 bridgehead atoms. The fraction of sp³-hybridized carbons (Fsp3) is 0.133. The number of hydrogen-bond acceptors (Lipinski definition) is 2. The molecule has 2 nitrogen and oxygen atoms in total. The van der Waals surface area contributed by atoms with Crippen molar-refractivity contribution < 1.29 is 40.2 Å². The lowest BCUT2D eigenvalue weighted by Crippen LogP contribution is -2.21. The van der Waals surface area contributed by atoms with Gasteiger partial charge in [-0.25, -0.2) is 13.2 Å². The molecule has 0 aliphatic heterocycles. The molecule has 39 heavy (non-hydrogen) atoms. The Morgan fingerprint density at radius 1 is 0.744 bits per heavy atom. The average Bonchev–Trinajstić information content (AvgIpc) is 2.88. The van der Waals surface area contributed by atoms with Gasteiger partial charge in [-0.2, -0.15) is 17.6 Å². The lowest BCUT2D eigenvalue weighted by molar-refractivity contribution is -0.185. The van der Waals surface area contributed by atoms with Crippen molar-refractivity contribution in [1.29, 1.82) is 0 Å². The van der Waals surface area contributed by atoms with Gasteiger partial charge >= 0.3 is 12.2 Å². The number of ether oxygens (including phenoxy) is 2. The van der Waals surface area contributed by atoms with E-state index in [9.17, 15) is 30.7 Å². The van der Waals surface area contributed by atoms with Crippen molar-refractivity contribution in [1.82, 2.24) is 0 Å². The van der Waals surface area contributed by atoms with E-state index < -0.39 is 46.7 Å². The van der Waals surface area contributed by atoms with E-state index in [2.05, 4.69) is 11.7 Å². The molecule has 0 saturated heterocycles. The van der Waals surface area contributed by atoms with Crippen LogP contribution in [0.2, 0.25) is 0 Å². The molecule has 0 aliphatic carbocycles. The van der Waals surface area contributed by atoms with Gasteiger partial charge in [-0.15, -0.1) is 0 Å². The van der Waals surface area contributed by atoms with E-state index in [1.54, 1.807) is 0 Å². The highest BCUT2D eigenvalue weighted by Crippen LogP contribution is 2.36. The number of halogens is 7. The summed E-state index contributed by atoms with van der Waals surface area (Å²) < 4.78 is 106. The van der Waals surface area contributed by atoms with E-state index in [0.29, 0.717) is 18.2 Å². The van der Waals surface area contributed by atoms with Crippen molar-refractivity contribution in [2.24, 2.45) is 0 Å². The smallest absolute Gasteiger partial charge is 0.426 e. The van der Waals surface area contributed by atoms with Gasteiger partial charge in [0.1, 0.15) is 11.6 Å². The summed E-state index contributed by atoms with van der Waals surface area (Å²) in [5.74, 6) is -5.47. The van der Waals surface area contributed by atoms with E-state index in [1.807, 2.05) is 24.3 Å². The second kappa shape index (κ2) is 11.6. The Morgan fingerprint density at radius 2 is 1.33 bits per heavy atom. The molecule has 4 aromatic carbocycles. The molecule has 0 atom stereocenters. The van der Waals surface area contributed by atoms with Crippen molar-refractivity contribution in [2.45, 2.75) is 25.9 Å². The standard InChI is InChI=1S/C30H21F7O2/c1-2-3-18-4-6-19(7-5-18)20-8-10-22(11-9-20)30(36,37)39-23-12-13-24(25(31)16-23)21-14-26(32)29(27(33)15-21)38-17-28(34)35/h4-17H,2-3H2,1H3. The van der Waals surface area contributed by atoms with E-state index in [1.165, 1.54) is 29.8 Å². The third kappa shape index (κ3) is 6.60. The molecule has 0 radical (unpaired) electrons.